The molecule has 11 heavy (non-hydrogen) atoms. The van der Waals surface area contributed by atoms with Crippen LogP contribution in [0.5, 0.6) is 0 Å². The average molecular weight is 234 g/mol. The second-order valence-corrected chi connectivity index (χ2v) is 14.0. The summed E-state index contributed by atoms with van der Waals surface area (Å²) in [4.78, 5) is 0. The van der Waals surface area contributed by atoms with Crippen LogP contribution in [0.25, 0.3) is 4.65 Å². The van der Waals surface area contributed by atoms with Crippen molar-refractivity contribution in [1.29, 1.82) is 0 Å². The van der Waals surface area contributed by atoms with Gasteiger partial charge in [0.1, 0.15) is 0 Å². The summed E-state index contributed by atoms with van der Waals surface area (Å²) in [7, 11) is -2.21. The van der Waals surface area contributed by atoms with Gasteiger partial charge in [0, 0.05) is 0 Å². The van der Waals surface area contributed by atoms with Crippen molar-refractivity contribution in [2.45, 2.75) is 39.3 Å². The maximum atomic E-state index is 4.82. The topological polar surface area (TPSA) is 14.1 Å². The SMILES string of the molecule is C[Si](C)(C)[N-][Si](C)(C)C.[CH3-].[Co+2]. The Balaban J connectivity index is -0.000000320. The summed E-state index contributed by atoms with van der Waals surface area (Å²) >= 11 is 0. The molecule has 0 amide bonds. The first-order chi connectivity index (χ1) is 3.71. The van der Waals surface area contributed by atoms with E-state index >= 15 is 0 Å². The molecular formula is C7H21CoNSi2. The van der Waals surface area contributed by atoms with Crippen LogP contribution in [0.2, 0.25) is 39.3 Å². The van der Waals surface area contributed by atoms with Gasteiger partial charge in [-0.25, -0.2) is 0 Å². The van der Waals surface area contributed by atoms with Gasteiger partial charge < -0.3 is 12.1 Å². The predicted octanol–water partition coefficient (Wildman–Crippen LogP) is 3.48. The quantitative estimate of drug-likeness (QED) is 0.513. The molecule has 0 unspecified atom stereocenters. The normalized spacial score (nSPS) is 11.5. The van der Waals surface area contributed by atoms with E-state index < -0.39 is 16.5 Å². The molecule has 0 rings (SSSR count). The summed E-state index contributed by atoms with van der Waals surface area (Å²) in [6.07, 6.45) is 0. The summed E-state index contributed by atoms with van der Waals surface area (Å²) in [5, 5.41) is 0. The number of nitrogens with zero attached hydrogens (tertiary/aromatic N) is 1. The third kappa shape index (κ3) is 18.1. The van der Waals surface area contributed by atoms with E-state index in [2.05, 4.69) is 39.3 Å². The van der Waals surface area contributed by atoms with Gasteiger partial charge in [0.05, 0.1) is 0 Å². The van der Waals surface area contributed by atoms with Crippen LogP contribution in [0.1, 0.15) is 0 Å². The van der Waals surface area contributed by atoms with Crippen LogP contribution in [0.4, 0.5) is 0 Å². The third-order valence-electron chi connectivity index (χ3n) is 0.671. The van der Waals surface area contributed by atoms with Crippen molar-refractivity contribution in [3.8, 4) is 0 Å². The first-order valence-electron chi connectivity index (χ1n) is 3.45. The Morgan fingerprint density at radius 3 is 0.909 bits per heavy atom. The molecule has 0 fully saturated rings. The zero-order valence-corrected chi connectivity index (χ0v) is 11.8. The van der Waals surface area contributed by atoms with E-state index in [4.69, 9.17) is 4.65 Å². The van der Waals surface area contributed by atoms with E-state index in [9.17, 15) is 0 Å². The number of rotatable bonds is 2. The van der Waals surface area contributed by atoms with Gasteiger partial charge >= 0.3 is 16.8 Å². The molecule has 0 spiro atoms. The fraction of sp³-hybridized carbons (Fsp3) is 0.857. The third-order valence-corrected chi connectivity index (χ3v) is 6.04. The van der Waals surface area contributed by atoms with E-state index in [1.54, 1.807) is 0 Å². The Labute approximate surface area is 84.7 Å². The Hall–Kier alpha value is 0.900. The zero-order chi connectivity index (χ0) is 7.71. The summed E-state index contributed by atoms with van der Waals surface area (Å²) in [5.74, 6) is 0. The molecule has 0 aromatic rings. The molecule has 0 saturated heterocycles. The van der Waals surface area contributed by atoms with Gasteiger partial charge in [-0.3, -0.25) is 0 Å². The van der Waals surface area contributed by atoms with Crippen molar-refractivity contribution in [3.63, 3.8) is 0 Å². The van der Waals surface area contributed by atoms with Crippen molar-refractivity contribution >= 4 is 16.5 Å². The van der Waals surface area contributed by atoms with Crippen molar-refractivity contribution in [2.75, 3.05) is 0 Å². The minimum Gasteiger partial charge on any atom is -0.668 e. The summed E-state index contributed by atoms with van der Waals surface area (Å²) < 4.78 is 4.82. The predicted molar refractivity (Wildman–Crippen MR) is 56.5 cm³/mol. The Bertz CT molecular complexity index is 81.6. The maximum Gasteiger partial charge on any atom is 2.00 e. The standard InChI is InChI=1S/C6H18NSi2.CH3.Co/c1-8(2,3)7-9(4,5)6;;/h1-6H3;1H3;/q2*-1;+2. The van der Waals surface area contributed by atoms with E-state index in [1.165, 1.54) is 0 Å². The smallest absolute Gasteiger partial charge is 0.668 e. The molecule has 4 heteroatoms. The molecule has 0 aliphatic heterocycles. The summed E-state index contributed by atoms with van der Waals surface area (Å²) in [5.41, 5.74) is 0. The molecule has 71 valence electrons. The van der Waals surface area contributed by atoms with Crippen molar-refractivity contribution in [1.82, 2.24) is 0 Å². The molecule has 0 atom stereocenters. The van der Waals surface area contributed by atoms with Gasteiger partial charge in [0.15, 0.2) is 0 Å². The van der Waals surface area contributed by atoms with Gasteiger partial charge in [-0.1, -0.05) is 55.8 Å². The van der Waals surface area contributed by atoms with Gasteiger partial charge in [-0.2, -0.15) is 0 Å². The molecule has 1 radical (unpaired) electrons. The second kappa shape index (κ2) is 5.53. The van der Waals surface area contributed by atoms with Crippen LogP contribution in [-0.4, -0.2) is 16.5 Å². The fourth-order valence-electron chi connectivity index (χ4n) is 1.01. The monoisotopic (exact) mass is 234 g/mol. The van der Waals surface area contributed by atoms with Gasteiger partial charge in [0.2, 0.25) is 0 Å². The van der Waals surface area contributed by atoms with E-state index in [0.29, 0.717) is 0 Å². The number of hydrogen-bond acceptors (Lipinski definition) is 0. The van der Waals surface area contributed by atoms with Crippen molar-refractivity contribution in [2.24, 2.45) is 0 Å². The first-order valence-corrected chi connectivity index (χ1v) is 10.3. The van der Waals surface area contributed by atoms with Crippen molar-refractivity contribution in [3.05, 3.63) is 12.1 Å². The summed E-state index contributed by atoms with van der Waals surface area (Å²) in [6.45, 7) is 13.8. The Morgan fingerprint density at radius 2 is 0.909 bits per heavy atom. The van der Waals surface area contributed by atoms with Crippen LogP contribution in [-0.2, 0) is 16.8 Å². The van der Waals surface area contributed by atoms with E-state index in [0.717, 1.165) is 0 Å². The maximum absolute atomic E-state index is 4.82. The van der Waals surface area contributed by atoms with Gasteiger partial charge in [-0.05, 0) is 0 Å². The second-order valence-electron chi connectivity index (χ2n) is 4.45. The zero-order valence-electron chi connectivity index (χ0n) is 8.78. The van der Waals surface area contributed by atoms with Crippen LogP contribution in [0.15, 0.2) is 0 Å². The molecule has 0 aromatic heterocycles. The van der Waals surface area contributed by atoms with Crippen LogP contribution in [0.3, 0.4) is 0 Å². The minimum atomic E-state index is -1.11. The largest absolute Gasteiger partial charge is 2.00 e. The van der Waals surface area contributed by atoms with E-state index in [1.807, 2.05) is 0 Å². The van der Waals surface area contributed by atoms with Crippen molar-refractivity contribution < 1.29 is 16.8 Å². The molecule has 0 N–H and O–H groups in total. The van der Waals surface area contributed by atoms with Crippen LogP contribution < -0.4 is 0 Å². The molecule has 0 saturated carbocycles. The van der Waals surface area contributed by atoms with Crippen LogP contribution in [0, 0.1) is 7.43 Å². The molecule has 0 bridgehead atoms. The van der Waals surface area contributed by atoms with Gasteiger partial charge in [-0.15, -0.1) is 0 Å². The molecule has 1 nitrogen and oxygen atoms in total. The molecule has 0 aromatic carbocycles. The molecule has 0 aliphatic rings. The summed E-state index contributed by atoms with van der Waals surface area (Å²) in [6, 6.07) is 0. The molecular weight excluding hydrogens is 213 g/mol. The van der Waals surface area contributed by atoms with E-state index in [-0.39, 0.29) is 24.2 Å². The molecule has 0 aliphatic carbocycles. The van der Waals surface area contributed by atoms with Gasteiger partial charge in [0.25, 0.3) is 0 Å². The number of hydrogen-bond donors (Lipinski definition) is 0. The first kappa shape index (κ1) is 17.8. The van der Waals surface area contributed by atoms with Crippen LogP contribution >= 0.6 is 0 Å². The Morgan fingerprint density at radius 1 is 0.727 bits per heavy atom. The molecule has 0 heterocycles. The average Bonchev–Trinajstić information content (AvgIpc) is 1.14. The minimum absolute atomic E-state index is 0. The fourth-order valence-corrected chi connectivity index (χ4v) is 9.06. The Kier molecular flexibility index (Phi) is 8.97.